The number of amides is 1. The van der Waals surface area contributed by atoms with Gasteiger partial charge in [-0.3, -0.25) is 14.7 Å². The quantitative estimate of drug-likeness (QED) is 0.308. The third-order valence-electron chi connectivity index (χ3n) is 7.23. The Labute approximate surface area is 208 Å². The van der Waals surface area contributed by atoms with Crippen molar-refractivity contribution in [3.63, 3.8) is 0 Å². The van der Waals surface area contributed by atoms with E-state index in [1.54, 1.807) is 19.2 Å². The number of hydrogen-bond donors (Lipinski definition) is 2. The van der Waals surface area contributed by atoms with Crippen LogP contribution in [0, 0.1) is 11.7 Å². The van der Waals surface area contributed by atoms with Crippen molar-refractivity contribution in [3.05, 3.63) is 35.6 Å². The second-order valence-electron chi connectivity index (χ2n) is 9.26. The minimum Gasteiger partial charge on any atom is -0.356 e. The van der Waals surface area contributed by atoms with Crippen molar-refractivity contribution in [2.24, 2.45) is 10.9 Å². The number of halogens is 2. The number of aliphatic imine (C=N–C) groups is 1. The molecule has 0 unspecified atom stereocenters. The first-order valence-corrected chi connectivity index (χ1v) is 11.8. The van der Waals surface area contributed by atoms with Crippen LogP contribution in [0.25, 0.3) is 0 Å². The lowest BCUT2D eigenvalue weighted by Gasteiger charge is -2.36. The van der Waals surface area contributed by atoms with E-state index >= 15 is 0 Å². The molecular formula is C24H37FIN5O. The summed E-state index contributed by atoms with van der Waals surface area (Å²) in [4.78, 5) is 21.4. The van der Waals surface area contributed by atoms with Crippen LogP contribution >= 0.6 is 24.0 Å². The van der Waals surface area contributed by atoms with Crippen LogP contribution in [0.3, 0.4) is 0 Å². The molecule has 1 amide bonds. The molecule has 2 saturated carbocycles. The molecule has 3 aliphatic rings. The molecule has 3 fully saturated rings. The molecule has 4 rings (SSSR count). The molecule has 32 heavy (non-hydrogen) atoms. The number of nitrogens with one attached hydrogen (secondary N) is 2. The summed E-state index contributed by atoms with van der Waals surface area (Å²) in [6, 6.07) is 7.10. The molecule has 1 aliphatic heterocycles. The van der Waals surface area contributed by atoms with Crippen molar-refractivity contribution in [3.8, 4) is 0 Å². The molecule has 2 aliphatic carbocycles. The van der Waals surface area contributed by atoms with E-state index in [2.05, 4.69) is 25.4 Å². The Kier molecular flexibility index (Phi) is 9.16. The second-order valence-corrected chi connectivity index (χ2v) is 9.26. The van der Waals surface area contributed by atoms with E-state index in [9.17, 15) is 9.18 Å². The SMILES string of the molecule is CN=C(NCCN1CCN(C(=O)C2CCCC2)CC1)NCC1(c2ccccc2F)CC1.I. The number of nitrogens with zero attached hydrogens (tertiary/aromatic N) is 3. The van der Waals surface area contributed by atoms with E-state index in [0.29, 0.717) is 12.5 Å². The van der Waals surface area contributed by atoms with Crippen molar-refractivity contribution in [1.29, 1.82) is 0 Å². The Morgan fingerprint density at radius 1 is 1.12 bits per heavy atom. The lowest BCUT2D eigenvalue weighted by Crippen LogP contribution is -2.52. The number of carbonyl (C=O) groups is 1. The Balaban J connectivity index is 0.00000289. The smallest absolute Gasteiger partial charge is 0.225 e. The van der Waals surface area contributed by atoms with Crippen LogP contribution in [0.2, 0.25) is 0 Å². The highest BCUT2D eigenvalue weighted by molar-refractivity contribution is 14.0. The van der Waals surface area contributed by atoms with Gasteiger partial charge < -0.3 is 15.5 Å². The van der Waals surface area contributed by atoms with Gasteiger partial charge in [-0.15, -0.1) is 24.0 Å². The van der Waals surface area contributed by atoms with Crippen molar-refractivity contribution < 1.29 is 9.18 Å². The van der Waals surface area contributed by atoms with E-state index in [1.165, 1.54) is 12.8 Å². The molecule has 0 spiro atoms. The minimum atomic E-state index is -0.115. The van der Waals surface area contributed by atoms with Gasteiger partial charge in [-0.05, 0) is 37.3 Å². The lowest BCUT2D eigenvalue weighted by atomic mass is 9.95. The molecule has 0 bridgehead atoms. The zero-order chi connectivity index (χ0) is 21.7. The van der Waals surface area contributed by atoms with Gasteiger partial charge in [0.2, 0.25) is 5.91 Å². The molecule has 1 aromatic rings. The van der Waals surface area contributed by atoms with Gasteiger partial charge in [0.1, 0.15) is 5.82 Å². The van der Waals surface area contributed by atoms with Crippen molar-refractivity contribution >= 4 is 35.8 Å². The molecule has 1 saturated heterocycles. The maximum absolute atomic E-state index is 14.2. The first kappa shape index (κ1) is 25.2. The average Bonchev–Trinajstić information content (AvgIpc) is 3.38. The highest BCUT2D eigenvalue weighted by Gasteiger charge is 2.45. The summed E-state index contributed by atoms with van der Waals surface area (Å²) in [5.74, 6) is 1.30. The normalized spacial score (nSPS) is 21.2. The van der Waals surface area contributed by atoms with Gasteiger partial charge in [0.25, 0.3) is 0 Å². The zero-order valence-electron chi connectivity index (χ0n) is 19.1. The maximum Gasteiger partial charge on any atom is 0.225 e. The number of rotatable bonds is 7. The van der Waals surface area contributed by atoms with Crippen LogP contribution in [0.4, 0.5) is 4.39 Å². The van der Waals surface area contributed by atoms with E-state index in [4.69, 9.17) is 0 Å². The molecule has 2 N–H and O–H groups in total. The Morgan fingerprint density at radius 2 is 1.81 bits per heavy atom. The molecule has 0 radical (unpaired) electrons. The first-order valence-electron chi connectivity index (χ1n) is 11.8. The fourth-order valence-electron chi connectivity index (χ4n) is 5.01. The maximum atomic E-state index is 14.2. The molecule has 8 heteroatoms. The summed E-state index contributed by atoms with van der Waals surface area (Å²) >= 11 is 0. The summed E-state index contributed by atoms with van der Waals surface area (Å²) in [5.41, 5.74) is 0.702. The first-order chi connectivity index (χ1) is 15.1. The van der Waals surface area contributed by atoms with Gasteiger partial charge in [0.15, 0.2) is 5.96 Å². The number of piperazine rings is 1. The number of carbonyl (C=O) groups excluding carboxylic acids is 1. The van der Waals surface area contributed by atoms with E-state index in [-0.39, 0.29) is 41.1 Å². The molecule has 0 atom stereocenters. The molecule has 6 nitrogen and oxygen atoms in total. The van der Waals surface area contributed by atoms with Crippen molar-refractivity contribution in [2.75, 3.05) is 52.9 Å². The van der Waals surface area contributed by atoms with Gasteiger partial charge in [-0.2, -0.15) is 0 Å². The number of guanidine groups is 1. The van der Waals surface area contributed by atoms with Crippen LogP contribution < -0.4 is 10.6 Å². The summed E-state index contributed by atoms with van der Waals surface area (Å²) in [6.07, 6.45) is 6.57. The van der Waals surface area contributed by atoms with Gasteiger partial charge >= 0.3 is 0 Å². The Morgan fingerprint density at radius 3 is 2.44 bits per heavy atom. The zero-order valence-corrected chi connectivity index (χ0v) is 21.4. The minimum absolute atomic E-state index is 0. The Hall–Kier alpha value is -1.42. The van der Waals surface area contributed by atoms with Gasteiger partial charge in [-0.25, -0.2) is 4.39 Å². The molecule has 1 aromatic carbocycles. The van der Waals surface area contributed by atoms with Crippen LogP contribution in [0.1, 0.15) is 44.1 Å². The van der Waals surface area contributed by atoms with Gasteiger partial charge in [0.05, 0.1) is 0 Å². The van der Waals surface area contributed by atoms with Crippen LogP contribution in [0.5, 0.6) is 0 Å². The monoisotopic (exact) mass is 557 g/mol. The van der Waals surface area contributed by atoms with Crippen LogP contribution in [-0.4, -0.2) is 74.5 Å². The molecular weight excluding hydrogens is 520 g/mol. The summed E-state index contributed by atoms with van der Waals surface area (Å²) in [6.45, 7) is 5.95. The third-order valence-corrected chi connectivity index (χ3v) is 7.23. The van der Waals surface area contributed by atoms with Gasteiger partial charge in [-0.1, -0.05) is 31.0 Å². The summed E-state index contributed by atoms with van der Waals surface area (Å²) in [5, 5.41) is 6.77. The summed E-state index contributed by atoms with van der Waals surface area (Å²) in [7, 11) is 1.77. The fourth-order valence-corrected chi connectivity index (χ4v) is 5.01. The number of hydrogen-bond acceptors (Lipinski definition) is 3. The third kappa shape index (κ3) is 6.12. The largest absolute Gasteiger partial charge is 0.356 e. The highest BCUT2D eigenvalue weighted by atomic mass is 127. The average molecular weight is 557 g/mol. The number of benzene rings is 1. The predicted octanol–water partition coefficient (Wildman–Crippen LogP) is 2.97. The molecule has 178 valence electrons. The second kappa shape index (κ2) is 11.6. The van der Waals surface area contributed by atoms with Crippen molar-refractivity contribution in [2.45, 2.75) is 43.9 Å². The van der Waals surface area contributed by atoms with Crippen LogP contribution in [-0.2, 0) is 10.2 Å². The van der Waals surface area contributed by atoms with E-state index < -0.39 is 0 Å². The summed E-state index contributed by atoms with van der Waals surface area (Å²) < 4.78 is 14.2. The fraction of sp³-hybridized carbons (Fsp3) is 0.667. The van der Waals surface area contributed by atoms with Gasteiger partial charge in [0, 0.05) is 64.2 Å². The molecule has 1 heterocycles. The topological polar surface area (TPSA) is 60.0 Å². The highest BCUT2D eigenvalue weighted by Crippen LogP contribution is 2.48. The molecule has 0 aromatic heterocycles. The standard InChI is InChI=1S/C24H36FN5O.HI/c1-26-23(28-18-24(10-11-24)20-8-4-5-9-21(20)25)27-12-13-29-14-16-30(17-15-29)22(31)19-6-2-3-7-19;/h4-5,8-9,19H,2-3,6-7,10-18H2,1H3,(H2,26,27,28);1H. The van der Waals surface area contributed by atoms with Crippen LogP contribution in [0.15, 0.2) is 29.3 Å². The Bertz CT molecular complexity index is 786. The lowest BCUT2D eigenvalue weighted by molar-refractivity contribution is -0.137. The predicted molar refractivity (Wildman–Crippen MR) is 137 cm³/mol. The van der Waals surface area contributed by atoms with E-state index in [0.717, 1.165) is 76.5 Å². The van der Waals surface area contributed by atoms with Crippen molar-refractivity contribution in [1.82, 2.24) is 20.4 Å². The van der Waals surface area contributed by atoms with E-state index in [1.807, 2.05) is 12.1 Å².